The number of thiazole rings is 1. The van der Waals surface area contributed by atoms with Gasteiger partial charge in [-0.25, -0.2) is 4.98 Å². The molecule has 0 N–H and O–H groups in total. The summed E-state index contributed by atoms with van der Waals surface area (Å²) in [4.78, 5) is 4.16. The van der Waals surface area contributed by atoms with Crippen LogP contribution < -0.4 is 0 Å². The van der Waals surface area contributed by atoms with Crippen LogP contribution in [0.4, 0.5) is 0 Å². The van der Waals surface area contributed by atoms with Crippen LogP contribution in [-0.4, -0.2) is 14.8 Å². The summed E-state index contributed by atoms with van der Waals surface area (Å²) in [5.41, 5.74) is 1.01. The Hall–Kier alpha value is -0.520. The Morgan fingerprint density at radius 3 is 2.86 bits per heavy atom. The van der Waals surface area contributed by atoms with E-state index >= 15 is 0 Å². The fourth-order valence-electron chi connectivity index (χ4n) is 1.06. The molecule has 0 atom stereocenters. The van der Waals surface area contributed by atoms with Crippen molar-refractivity contribution >= 4 is 34.7 Å². The average Bonchev–Trinajstić information content (AvgIpc) is 2.61. The van der Waals surface area contributed by atoms with Crippen LogP contribution in [0.5, 0.6) is 0 Å². The van der Waals surface area contributed by atoms with E-state index < -0.39 is 0 Å². The second-order valence-corrected chi connectivity index (χ2v) is 5.30. The molecule has 74 valence electrons. The molecule has 3 nitrogen and oxygen atoms in total. The predicted molar refractivity (Wildman–Crippen MR) is 59.2 cm³/mol. The van der Waals surface area contributed by atoms with Gasteiger partial charge in [0.1, 0.15) is 10.2 Å². The van der Waals surface area contributed by atoms with Crippen molar-refractivity contribution < 1.29 is 0 Å². The lowest BCUT2D eigenvalue weighted by Crippen LogP contribution is -1.91. The highest BCUT2D eigenvalue weighted by Crippen LogP contribution is 2.31. The normalized spacial score (nSPS) is 10.8. The van der Waals surface area contributed by atoms with E-state index in [0.717, 1.165) is 15.1 Å². The van der Waals surface area contributed by atoms with E-state index in [-0.39, 0.29) is 0 Å². The van der Waals surface area contributed by atoms with Gasteiger partial charge in [-0.05, 0) is 24.8 Å². The van der Waals surface area contributed by atoms with Gasteiger partial charge in [-0.2, -0.15) is 5.10 Å². The quantitative estimate of drug-likeness (QED) is 0.815. The highest BCUT2D eigenvalue weighted by atomic mass is 35.5. The smallest absolute Gasteiger partial charge is 0.157 e. The van der Waals surface area contributed by atoms with Crippen molar-refractivity contribution in [1.29, 1.82) is 0 Å². The van der Waals surface area contributed by atoms with E-state index in [2.05, 4.69) is 10.1 Å². The van der Waals surface area contributed by atoms with Crippen molar-refractivity contribution in [2.24, 2.45) is 7.05 Å². The second-order valence-electron chi connectivity index (χ2n) is 2.79. The van der Waals surface area contributed by atoms with E-state index in [9.17, 15) is 0 Å². The minimum Gasteiger partial charge on any atom is -0.261 e. The Morgan fingerprint density at radius 2 is 2.36 bits per heavy atom. The largest absolute Gasteiger partial charge is 0.261 e. The molecular weight excluding hydrogens is 238 g/mol. The first-order valence-corrected chi connectivity index (χ1v) is 6.02. The topological polar surface area (TPSA) is 30.7 Å². The van der Waals surface area contributed by atoms with E-state index in [4.69, 9.17) is 11.6 Å². The molecule has 0 bridgehead atoms. The standard InChI is InChI=1S/C8H8ClN3S2/c1-5-3-7(12(2)11-5)14-8-10-6(9)4-13-8/h3-4H,1-2H3. The SMILES string of the molecule is Cc1cc(Sc2nc(Cl)cs2)n(C)n1. The molecule has 0 fully saturated rings. The zero-order valence-electron chi connectivity index (χ0n) is 7.69. The Labute approximate surface area is 95.1 Å². The summed E-state index contributed by atoms with van der Waals surface area (Å²) in [5, 5.41) is 7.71. The second kappa shape index (κ2) is 3.92. The van der Waals surface area contributed by atoms with Crippen LogP contribution in [0.1, 0.15) is 5.69 Å². The lowest BCUT2D eigenvalue weighted by atomic mass is 10.5. The first-order chi connectivity index (χ1) is 6.65. The van der Waals surface area contributed by atoms with Crippen LogP contribution in [0.15, 0.2) is 20.8 Å². The van der Waals surface area contributed by atoms with E-state index in [1.165, 1.54) is 0 Å². The van der Waals surface area contributed by atoms with Gasteiger partial charge >= 0.3 is 0 Å². The molecule has 0 saturated heterocycles. The minimum atomic E-state index is 0.552. The maximum atomic E-state index is 5.74. The number of aromatic nitrogens is 3. The maximum absolute atomic E-state index is 5.74. The van der Waals surface area contributed by atoms with Crippen LogP contribution in [0.2, 0.25) is 5.15 Å². The molecule has 0 unspecified atom stereocenters. The maximum Gasteiger partial charge on any atom is 0.157 e. The molecule has 6 heteroatoms. The van der Waals surface area contributed by atoms with Gasteiger partial charge in [0, 0.05) is 12.4 Å². The molecule has 2 rings (SSSR count). The number of nitrogens with zero attached hydrogens (tertiary/aromatic N) is 3. The summed E-state index contributed by atoms with van der Waals surface area (Å²) in [6.07, 6.45) is 0. The van der Waals surface area contributed by atoms with Crippen LogP contribution in [0.3, 0.4) is 0 Å². The van der Waals surface area contributed by atoms with Crippen LogP contribution in [-0.2, 0) is 7.05 Å². The molecule has 0 aliphatic heterocycles. The Bertz CT molecular complexity index is 449. The molecule has 0 amide bonds. The highest BCUT2D eigenvalue weighted by molar-refractivity contribution is 8.01. The first-order valence-electron chi connectivity index (χ1n) is 3.94. The zero-order valence-corrected chi connectivity index (χ0v) is 10.1. The molecule has 2 heterocycles. The molecule has 0 spiro atoms. The molecule has 0 saturated carbocycles. The summed E-state index contributed by atoms with van der Waals surface area (Å²) in [6, 6.07) is 2.03. The third-order valence-corrected chi connectivity index (χ3v) is 3.96. The summed E-state index contributed by atoms with van der Waals surface area (Å²) in [6.45, 7) is 1.97. The molecule has 0 aliphatic rings. The van der Waals surface area contributed by atoms with Crippen molar-refractivity contribution in [2.75, 3.05) is 0 Å². The summed E-state index contributed by atoms with van der Waals surface area (Å²) < 4.78 is 2.79. The monoisotopic (exact) mass is 245 g/mol. The Kier molecular flexibility index (Phi) is 2.80. The number of rotatable bonds is 2. The number of hydrogen-bond donors (Lipinski definition) is 0. The van der Waals surface area contributed by atoms with Crippen molar-refractivity contribution in [3.63, 3.8) is 0 Å². The molecule has 2 aromatic rings. The lowest BCUT2D eigenvalue weighted by molar-refractivity contribution is 0.692. The number of aryl methyl sites for hydroxylation is 2. The van der Waals surface area contributed by atoms with Gasteiger partial charge in [-0.3, -0.25) is 4.68 Å². The predicted octanol–water partition coefficient (Wildman–Crippen LogP) is 2.99. The van der Waals surface area contributed by atoms with Gasteiger partial charge in [-0.15, -0.1) is 11.3 Å². The van der Waals surface area contributed by atoms with E-state index in [0.29, 0.717) is 5.15 Å². The fourth-order valence-corrected chi connectivity index (χ4v) is 3.10. The number of hydrogen-bond acceptors (Lipinski definition) is 4. The number of halogens is 1. The molecule has 0 aliphatic carbocycles. The lowest BCUT2D eigenvalue weighted by Gasteiger charge is -1.96. The van der Waals surface area contributed by atoms with Gasteiger partial charge in [0.15, 0.2) is 4.34 Å². The third kappa shape index (κ3) is 2.10. The van der Waals surface area contributed by atoms with Crippen LogP contribution in [0, 0.1) is 6.92 Å². The molecule has 0 radical (unpaired) electrons. The van der Waals surface area contributed by atoms with Crippen molar-refractivity contribution in [3.05, 3.63) is 22.3 Å². The van der Waals surface area contributed by atoms with Crippen molar-refractivity contribution in [2.45, 2.75) is 16.3 Å². The van der Waals surface area contributed by atoms with Gasteiger partial charge in [0.05, 0.1) is 5.69 Å². The van der Waals surface area contributed by atoms with E-state index in [1.807, 2.05) is 30.1 Å². The third-order valence-electron chi connectivity index (χ3n) is 1.61. The highest BCUT2D eigenvalue weighted by Gasteiger charge is 2.07. The summed E-state index contributed by atoms with van der Waals surface area (Å²) in [7, 11) is 1.92. The first kappa shape index (κ1) is 10.0. The molecule has 2 aromatic heterocycles. The van der Waals surface area contributed by atoms with E-state index in [1.54, 1.807) is 23.1 Å². The Balaban J connectivity index is 2.22. The van der Waals surface area contributed by atoms with Gasteiger partial charge < -0.3 is 0 Å². The molecular formula is C8H8ClN3S2. The summed E-state index contributed by atoms with van der Waals surface area (Å²) in [5.74, 6) is 0. The molecule has 0 aromatic carbocycles. The van der Waals surface area contributed by atoms with Gasteiger partial charge in [0.25, 0.3) is 0 Å². The molecule has 14 heavy (non-hydrogen) atoms. The van der Waals surface area contributed by atoms with Crippen LogP contribution in [0.25, 0.3) is 0 Å². The Morgan fingerprint density at radius 1 is 1.57 bits per heavy atom. The van der Waals surface area contributed by atoms with Crippen LogP contribution >= 0.6 is 34.7 Å². The zero-order chi connectivity index (χ0) is 10.1. The minimum absolute atomic E-state index is 0.552. The van der Waals surface area contributed by atoms with Gasteiger partial charge in [-0.1, -0.05) is 11.6 Å². The van der Waals surface area contributed by atoms with Gasteiger partial charge in [0.2, 0.25) is 0 Å². The summed E-state index contributed by atoms with van der Waals surface area (Å²) >= 11 is 8.86. The van der Waals surface area contributed by atoms with Crippen molar-refractivity contribution in [1.82, 2.24) is 14.8 Å². The average molecular weight is 246 g/mol. The van der Waals surface area contributed by atoms with Crippen molar-refractivity contribution in [3.8, 4) is 0 Å². The fraction of sp³-hybridized carbons (Fsp3) is 0.250.